The molecule has 13 rings (SSSR count). The lowest BCUT2D eigenvalue weighted by atomic mass is 9.93. The Morgan fingerprint density at radius 3 is 1.09 bits per heavy atom. The van der Waals surface area contributed by atoms with Crippen LogP contribution in [0.5, 0.6) is 23.0 Å². The van der Waals surface area contributed by atoms with E-state index in [1.807, 2.05) is 64.3 Å². The van der Waals surface area contributed by atoms with Gasteiger partial charge in [-0.25, -0.2) is 0 Å². The molecule has 0 saturated heterocycles. The first-order chi connectivity index (χ1) is 26.8. The molecule has 8 heteroatoms. The van der Waals surface area contributed by atoms with Crippen LogP contribution in [0, 0.1) is 6.92 Å². The van der Waals surface area contributed by atoms with Gasteiger partial charge in [-0.05, 0) is 114 Å². The zero-order chi connectivity index (χ0) is 36.6. The topological polar surface area (TPSA) is 95.6 Å². The summed E-state index contributed by atoms with van der Waals surface area (Å²) < 4.78 is 17.1. The molecular formula is C47H22N2O6. The molecule has 0 bridgehead atoms. The summed E-state index contributed by atoms with van der Waals surface area (Å²) in [6, 6.07) is 35.5. The van der Waals surface area contributed by atoms with Crippen molar-refractivity contribution in [3.8, 4) is 45.3 Å². The van der Waals surface area contributed by atoms with Crippen LogP contribution in [0.3, 0.4) is 0 Å². The molecule has 0 saturated carbocycles. The maximum atomic E-state index is 14.3. The Kier molecular flexibility index (Phi) is 5.00. The molecule has 4 aromatic heterocycles. The summed E-state index contributed by atoms with van der Waals surface area (Å²) in [6.07, 6.45) is 0. The number of nitrogens with zero attached hydrogens (tertiary/aromatic N) is 2. The van der Waals surface area contributed by atoms with E-state index in [0.717, 1.165) is 27.8 Å². The standard InChI is InChI=1S/C47H22N2O6/c1-21-14-22(24-17-32-42-36(19-24)54-34-12-4-10-30-40(34)48(42)38-26(44(30)50)6-2-8-28(38)46(32)52)16-23(15-21)25-18-33-43-37(20-25)55-35-13-5-11-31-41(35)49(43)39-27(45(31)51)7-3-9-29(39)47(33)53/h2-20H,1H3. The summed E-state index contributed by atoms with van der Waals surface area (Å²) in [5, 5.41) is 3.99. The molecule has 0 atom stereocenters. The summed E-state index contributed by atoms with van der Waals surface area (Å²) in [5.74, 6) is 2.15. The third-order valence-electron chi connectivity index (χ3n) is 11.7. The van der Waals surface area contributed by atoms with Gasteiger partial charge in [0, 0.05) is 21.5 Å². The number of aryl methyl sites for hydroxylation is 1. The molecule has 0 N–H and O–H groups in total. The van der Waals surface area contributed by atoms with Crippen molar-refractivity contribution < 1.29 is 9.47 Å². The number of ether oxygens (including phenoxy) is 2. The predicted molar refractivity (Wildman–Crippen MR) is 217 cm³/mol. The number of hydrogen-bond donors (Lipinski definition) is 0. The zero-order valence-electron chi connectivity index (χ0n) is 28.8. The summed E-state index contributed by atoms with van der Waals surface area (Å²) in [6.45, 7) is 2.02. The van der Waals surface area contributed by atoms with Crippen LogP contribution in [-0.4, -0.2) is 8.80 Å². The number of pyridine rings is 4. The molecule has 256 valence electrons. The van der Waals surface area contributed by atoms with Crippen molar-refractivity contribution in [1.29, 1.82) is 0 Å². The van der Waals surface area contributed by atoms with Gasteiger partial charge in [0.1, 0.15) is 22.1 Å². The normalized spacial score (nSPS) is 13.0. The second kappa shape index (κ2) is 9.50. The summed E-state index contributed by atoms with van der Waals surface area (Å²) >= 11 is 0. The van der Waals surface area contributed by atoms with Gasteiger partial charge in [-0.15, -0.1) is 0 Å². The molecule has 11 aromatic rings. The minimum atomic E-state index is -0.172. The monoisotopic (exact) mass is 710 g/mol. The quantitative estimate of drug-likeness (QED) is 0.131. The van der Waals surface area contributed by atoms with Crippen LogP contribution in [0.4, 0.5) is 0 Å². The fourth-order valence-corrected chi connectivity index (χ4v) is 9.46. The van der Waals surface area contributed by atoms with Crippen LogP contribution in [0.25, 0.3) is 98.4 Å². The Labute approximate surface area is 307 Å². The number of rotatable bonds is 2. The van der Waals surface area contributed by atoms with Gasteiger partial charge in [0.05, 0.1) is 32.6 Å². The molecule has 0 aliphatic carbocycles. The number of aromatic nitrogens is 2. The molecule has 6 heterocycles. The van der Waals surface area contributed by atoms with Gasteiger partial charge >= 0.3 is 0 Å². The minimum absolute atomic E-state index is 0.130. The highest BCUT2D eigenvalue weighted by Crippen LogP contribution is 2.46. The number of hydrogen-bond acceptors (Lipinski definition) is 6. The predicted octanol–water partition coefficient (Wildman–Crippen LogP) is 9.28. The first-order valence-corrected chi connectivity index (χ1v) is 18.0. The van der Waals surface area contributed by atoms with Gasteiger partial charge in [-0.2, -0.15) is 0 Å². The van der Waals surface area contributed by atoms with Crippen LogP contribution in [0.15, 0.2) is 134 Å². The summed E-state index contributed by atoms with van der Waals surface area (Å²) in [5.41, 5.74) is 7.42. The Hall–Kier alpha value is -7.58. The summed E-state index contributed by atoms with van der Waals surface area (Å²) in [4.78, 5) is 55.8. The van der Waals surface area contributed by atoms with E-state index in [1.54, 1.807) is 48.5 Å². The van der Waals surface area contributed by atoms with Gasteiger partial charge in [-0.1, -0.05) is 36.4 Å². The van der Waals surface area contributed by atoms with Crippen LogP contribution in [0.1, 0.15) is 5.56 Å². The van der Waals surface area contributed by atoms with Crippen molar-refractivity contribution >= 4 is 76.2 Å². The van der Waals surface area contributed by atoms with Crippen molar-refractivity contribution in [2.24, 2.45) is 0 Å². The van der Waals surface area contributed by atoms with E-state index >= 15 is 0 Å². The van der Waals surface area contributed by atoms with E-state index in [9.17, 15) is 19.2 Å². The molecule has 0 fully saturated rings. The van der Waals surface area contributed by atoms with E-state index in [4.69, 9.17) is 9.47 Å². The van der Waals surface area contributed by atoms with Crippen LogP contribution < -0.4 is 31.2 Å². The molecule has 7 aromatic carbocycles. The zero-order valence-corrected chi connectivity index (χ0v) is 28.8. The van der Waals surface area contributed by atoms with E-state index in [0.29, 0.717) is 99.2 Å². The fourth-order valence-electron chi connectivity index (χ4n) is 9.46. The lowest BCUT2D eigenvalue weighted by molar-refractivity contribution is 0.486. The van der Waals surface area contributed by atoms with Gasteiger partial charge in [0.2, 0.25) is 0 Å². The lowest BCUT2D eigenvalue weighted by Gasteiger charge is -2.24. The van der Waals surface area contributed by atoms with Crippen molar-refractivity contribution in [2.45, 2.75) is 6.92 Å². The van der Waals surface area contributed by atoms with E-state index < -0.39 is 0 Å². The molecule has 55 heavy (non-hydrogen) atoms. The molecule has 0 spiro atoms. The number of para-hydroxylation sites is 4. The molecule has 0 radical (unpaired) electrons. The third kappa shape index (κ3) is 3.39. The first kappa shape index (κ1) is 28.9. The smallest absolute Gasteiger partial charge is 0.197 e. The second-order valence-corrected chi connectivity index (χ2v) is 14.7. The first-order valence-electron chi connectivity index (χ1n) is 18.0. The molecular weight excluding hydrogens is 689 g/mol. The SMILES string of the molecule is Cc1cc(-c2cc3c4c(c2)c(=O)c2cccc5c(=O)c6cccc(c6n4c52)O3)cc(-c2cc3c4c(c2)c(=O)c2cccc5c(=O)c6cccc(c6n4c52)O3)c1. The fraction of sp³-hybridized carbons (Fsp3) is 0.0213. The maximum Gasteiger partial charge on any atom is 0.197 e. The Balaban J connectivity index is 1.08. The largest absolute Gasteiger partial charge is 0.453 e. The Morgan fingerprint density at radius 2 is 0.673 bits per heavy atom. The molecule has 8 nitrogen and oxygen atoms in total. The average Bonchev–Trinajstić information content (AvgIpc) is 3.20. The highest BCUT2D eigenvalue weighted by Gasteiger charge is 2.28. The van der Waals surface area contributed by atoms with Crippen LogP contribution in [0.2, 0.25) is 0 Å². The maximum absolute atomic E-state index is 14.3. The van der Waals surface area contributed by atoms with E-state index in [2.05, 4.69) is 18.2 Å². The number of benzene rings is 7. The second-order valence-electron chi connectivity index (χ2n) is 14.7. The van der Waals surface area contributed by atoms with Gasteiger partial charge in [0.25, 0.3) is 0 Å². The molecule has 0 unspecified atom stereocenters. The summed E-state index contributed by atoms with van der Waals surface area (Å²) in [7, 11) is 0. The lowest BCUT2D eigenvalue weighted by Crippen LogP contribution is -2.17. The van der Waals surface area contributed by atoms with Gasteiger partial charge in [-0.3, -0.25) is 19.2 Å². The van der Waals surface area contributed by atoms with Crippen LogP contribution in [-0.2, 0) is 0 Å². The van der Waals surface area contributed by atoms with Crippen molar-refractivity contribution in [3.63, 3.8) is 0 Å². The minimum Gasteiger partial charge on any atom is -0.453 e. The Morgan fingerprint density at radius 1 is 0.345 bits per heavy atom. The molecule has 2 aliphatic heterocycles. The van der Waals surface area contributed by atoms with Crippen molar-refractivity contribution in [2.75, 3.05) is 0 Å². The average molecular weight is 711 g/mol. The van der Waals surface area contributed by atoms with Gasteiger partial charge < -0.3 is 18.3 Å². The highest BCUT2D eigenvalue weighted by molar-refractivity contribution is 6.13. The van der Waals surface area contributed by atoms with Gasteiger partial charge in [0.15, 0.2) is 44.7 Å². The van der Waals surface area contributed by atoms with Crippen molar-refractivity contribution in [3.05, 3.63) is 162 Å². The Bertz CT molecular complexity index is 3680. The van der Waals surface area contributed by atoms with Crippen LogP contribution >= 0.6 is 0 Å². The van der Waals surface area contributed by atoms with Crippen molar-refractivity contribution in [1.82, 2.24) is 8.80 Å². The molecule has 2 aliphatic rings. The van der Waals surface area contributed by atoms with E-state index in [1.165, 1.54) is 0 Å². The third-order valence-corrected chi connectivity index (χ3v) is 11.7. The van der Waals surface area contributed by atoms with E-state index in [-0.39, 0.29) is 21.7 Å². The highest BCUT2D eigenvalue weighted by atomic mass is 16.5. The molecule has 0 amide bonds.